The lowest BCUT2D eigenvalue weighted by Crippen LogP contribution is -2.49. The first kappa shape index (κ1) is 26.1. The van der Waals surface area contributed by atoms with Gasteiger partial charge in [-0.25, -0.2) is 13.2 Å². The number of aliphatic hydroxyl groups excluding tert-OH is 2. The maximum absolute atomic E-state index is 14.7. The summed E-state index contributed by atoms with van der Waals surface area (Å²) >= 11 is 0. The van der Waals surface area contributed by atoms with Crippen LogP contribution in [-0.2, 0) is 4.74 Å². The third kappa shape index (κ3) is 6.04. The summed E-state index contributed by atoms with van der Waals surface area (Å²) in [5, 5.41) is 24.5. The largest absolute Gasteiger partial charge is 0.497 e. The summed E-state index contributed by atoms with van der Waals surface area (Å²) in [4.78, 5) is 4.09. The minimum absolute atomic E-state index is 0.137. The van der Waals surface area contributed by atoms with Crippen molar-refractivity contribution in [1.82, 2.24) is 10.3 Å². The molecule has 0 aliphatic carbocycles. The lowest BCUT2D eigenvalue weighted by molar-refractivity contribution is -0.102. The first-order valence-electron chi connectivity index (χ1n) is 11.8. The monoisotopic (exact) mass is 502 g/mol. The SMILES string of the molecule is COc1ccc2ncc(F)c(C(O)C[C@@H]3CC[C@@H](NC/C=C/c4cc(F)ccc4F)[C@@H](CO)O3)c2c1. The molecule has 1 fully saturated rings. The second kappa shape index (κ2) is 11.8. The molecule has 2 aromatic carbocycles. The Labute approximate surface area is 207 Å². The lowest BCUT2D eigenvalue weighted by Gasteiger charge is -2.37. The molecule has 1 aliphatic heterocycles. The normalized spacial score (nSPS) is 21.2. The van der Waals surface area contributed by atoms with Crippen molar-refractivity contribution in [2.45, 2.75) is 43.6 Å². The maximum atomic E-state index is 14.7. The topological polar surface area (TPSA) is 83.8 Å². The van der Waals surface area contributed by atoms with Gasteiger partial charge in [0.15, 0.2) is 0 Å². The third-order valence-electron chi connectivity index (χ3n) is 6.44. The average Bonchev–Trinajstić information content (AvgIpc) is 2.88. The van der Waals surface area contributed by atoms with Gasteiger partial charge in [-0.05, 0) is 49.2 Å². The van der Waals surface area contributed by atoms with E-state index in [9.17, 15) is 23.4 Å². The number of pyridine rings is 1. The molecule has 0 amide bonds. The Morgan fingerprint density at radius 2 is 2.00 bits per heavy atom. The summed E-state index contributed by atoms with van der Waals surface area (Å²) < 4.78 is 53.0. The van der Waals surface area contributed by atoms with E-state index in [2.05, 4.69) is 10.3 Å². The van der Waals surface area contributed by atoms with Crippen molar-refractivity contribution < 1.29 is 32.9 Å². The Morgan fingerprint density at radius 3 is 2.78 bits per heavy atom. The van der Waals surface area contributed by atoms with Gasteiger partial charge in [-0.1, -0.05) is 12.2 Å². The number of rotatable bonds is 9. The van der Waals surface area contributed by atoms with Crippen LogP contribution in [0.5, 0.6) is 5.75 Å². The maximum Gasteiger partial charge on any atom is 0.147 e. The minimum Gasteiger partial charge on any atom is -0.497 e. The molecular formula is C27H29F3N2O4. The Hall–Kier alpha value is -2.98. The van der Waals surface area contributed by atoms with Gasteiger partial charge in [0, 0.05) is 35.5 Å². The van der Waals surface area contributed by atoms with E-state index < -0.39 is 29.7 Å². The second-order valence-corrected chi connectivity index (χ2v) is 8.79. The molecule has 3 aromatic rings. The van der Waals surface area contributed by atoms with Crippen LogP contribution in [0.25, 0.3) is 17.0 Å². The highest BCUT2D eigenvalue weighted by Gasteiger charge is 2.32. The number of halogens is 3. The number of hydrogen-bond donors (Lipinski definition) is 3. The van der Waals surface area contributed by atoms with Crippen molar-refractivity contribution in [2.75, 3.05) is 20.3 Å². The number of nitrogens with zero attached hydrogens (tertiary/aromatic N) is 1. The molecule has 4 atom stereocenters. The highest BCUT2D eigenvalue weighted by molar-refractivity contribution is 5.84. The number of hydrogen-bond acceptors (Lipinski definition) is 6. The van der Waals surface area contributed by atoms with E-state index >= 15 is 0 Å². The molecule has 36 heavy (non-hydrogen) atoms. The Kier molecular flexibility index (Phi) is 8.58. The number of nitrogens with one attached hydrogen (secondary N) is 1. The predicted molar refractivity (Wildman–Crippen MR) is 130 cm³/mol. The number of benzene rings is 2. The van der Waals surface area contributed by atoms with E-state index in [-0.39, 0.29) is 36.3 Å². The van der Waals surface area contributed by atoms with Crippen molar-refractivity contribution in [1.29, 1.82) is 0 Å². The molecule has 4 rings (SSSR count). The van der Waals surface area contributed by atoms with Gasteiger partial charge in [-0.15, -0.1) is 0 Å². The van der Waals surface area contributed by atoms with Gasteiger partial charge in [0.25, 0.3) is 0 Å². The van der Waals surface area contributed by atoms with Crippen molar-refractivity contribution in [3.8, 4) is 5.75 Å². The van der Waals surface area contributed by atoms with Crippen molar-refractivity contribution in [2.24, 2.45) is 0 Å². The number of ether oxygens (including phenoxy) is 2. The van der Waals surface area contributed by atoms with Crippen LogP contribution in [0, 0.1) is 17.5 Å². The third-order valence-corrected chi connectivity index (χ3v) is 6.44. The van der Waals surface area contributed by atoms with Gasteiger partial charge in [-0.2, -0.15) is 0 Å². The molecule has 1 saturated heterocycles. The zero-order valence-corrected chi connectivity index (χ0v) is 19.8. The van der Waals surface area contributed by atoms with Crippen molar-refractivity contribution in [3.05, 3.63) is 77.2 Å². The van der Waals surface area contributed by atoms with Crippen LogP contribution < -0.4 is 10.1 Å². The fraction of sp³-hybridized carbons (Fsp3) is 0.370. The molecule has 0 saturated carbocycles. The van der Waals surface area contributed by atoms with Crippen LogP contribution in [0.2, 0.25) is 0 Å². The first-order valence-corrected chi connectivity index (χ1v) is 11.8. The smallest absolute Gasteiger partial charge is 0.147 e. The van der Waals surface area contributed by atoms with E-state index in [1.807, 2.05) is 0 Å². The second-order valence-electron chi connectivity index (χ2n) is 8.79. The molecule has 3 N–H and O–H groups in total. The predicted octanol–water partition coefficient (Wildman–Crippen LogP) is 4.30. The molecule has 0 spiro atoms. The van der Waals surface area contributed by atoms with Crippen molar-refractivity contribution >= 4 is 17.0 Å². The highest BCUT2D eigenvalue weighted by Crippen LogP contribution is 2.33. The molecule has 9 heteroatoms. The summed E-state index contributed by atoms with van der Waals surface area (Å²) in [5.41, 5.74) is 0.829. The minimum atomic E-state index is -1.14. The van der Waals surface area contributed by atoms with Crippen LogP contribution >= 0.6 is 0 Å². The van der Waals surface area contributed by atoms with Gasteiger partial charge >= 0.3 is 0 Å². The average molecular weight is 503 g/mol. The van der Waals surface area contributed by atoms with Gasteiger partial charge in [0.05, 0.1) is 43.7 Å². The van der Waals surface area contributed by atoms with Crippen LogP contribution in [-0.4, -0.2) is 53.7 Å². The lowest BCUT2D eigenvalue weighted by atomic mass is 9.92. The van der Waals surface area contributed by atoms with Crippen LogP contribution in [0.15, 0.2) is 48.7 Å². The molecule has 2 heterocycles. The highest BCUT2D eigenvalue weighted by atomic mass is 19.1. The van der Waals surface area contributed by atoms with Gasteiger partial charge in [0.1, 0.15) is 23.2 Å². The Bertz CT molecular complexity index is 1220. The van der Waals surface area contributed by atoms with Gasteiger partial charge < -0.3 is 25.0 Å². The number of aromatic nitrogens is 1. The zero-order chi connectivity index (χ0) is 25.7. The Balaban J connectivity index is 1.37. The quantitative estimate of drug-likeness (QED) is 0.405. The molecule has 192 valence electrons. The zero-order valence-electron chi connectivity index (χ0n) is 19.8. The van der Waals surface area contributed by atoms with Crippen molar-refractivity contribution in [3.63, 3.8) is 0 Å². The summed E-state index contributed by atoms with van der Waals surface area (Å²) in [7, 11) is 1.51. The first-order chi connectivity index (χ1) is 17.4. The molecule has 1 aromatic heterocycles. The van der Waals surface area contributed by atoms with E-state index in [0.717, 1.165) is 24.4 Å². The molecular weight excluding hydrogens is 473 g/mol. The Morgan fingerprint density at radius 1 is 1.17 bits per heavy atom. The van der Waals surface area contributed by atoms with Crippen LogP contribution in [0.3, 0.4) is 0 Å². The molecule has 6 nitrogen and oxygen atoms in total. The fourth-order valence-corrected chi connectivity index (χ4v) is 4.59. The number of methoxy groups -OCH3 is 1. The molecule has 1 unspecified atom stereocenters. The number of fused-ring (bicyclic) bond motifs is 1. The molecule has 1 aliphatic rings. The fourth-order valence-electron chi connectivity index (χ4n) is 4.59. The summed E-state index contributed by atoms with van der Waals surface area (Å²) in [6, 6.07) is 8.15. The van der Waals surface area contributed by atoms with Gasteiger partial charge in [0.2, 0.25) is 0 Å². The standard InChI is InChI=1S/C27H29F3N2O4/c1-35-18-5-8-23-20(12-18)27(22(30)14-32-23)25(34)13-19-6-9-24(26(15-33)36-19)31-10-2-3-16-11-17(28)4-7-21(16)29/h2-5,7-8,11-12,14,19,24-26,31,33-34H,6,9-10,13,15H2,1H3/b3-2+/t19-,24+,25?,26+/m0/s1. The van der Waals surface area contributed by atoms with Crippen LogP contribution in [0.1, 0.15) is 36.5 Å². The van der Waals surface area contributed by atoms with E-state index in [0.29, 0.717) is 36.0 Å². The van der Waals surface area contributed by atoms with Gasteiger partial charge in [-0.3, -0.25) is 4.98 Å². The van der Waals surface area contributed by atoms with E-state index in [1.165, 1.54) is 13.2 Å². The molecule has 0 radical (unpaired) electrons. The van der Waals surface area contributed by atoms with E-state index in [4.69, 9.17) is 9.47 Å². The molecule has 0 bridgehead atoms. The van der Waals surface area contributed by atoms with Crippen LogP contribution in [0.4, 0.5) is 13.2 Å². The number of aliphatic hydroxyl groups is 2. The summed E-state index contributed by atoms with van der Waals surface area (Å²) in [6.45, 7) is 0.125. The summed E-state index contributed by atoms with van der Waals surface area (Å²) in [6.07, 6.45) is 3.58. The van der Waals surface area contributed by atoms with E-state index in [1.54, 1.807) is 24.3 Å². The summed E-state index contributed by atoms with van der Waals surface area (Å²) in [5.74, 6) is -1.11.